The Morgan fingerprint density at radius 1 is 0.870 bits per heavy atom. The Morgan fingerprint density at radius 3 is 2.26 bits per heavy atom. The van der Waals surface area contributed by atoms with E-state index in [0.717, 1.165) is 6.07 Å². The van der Waals surface area contributed by atoms with Gasteiger partial charge < -0.3 is 25.5 Å². The summed E-state index contributed by atoms with van der Waals surface area (Å²) in [6, 6.07) is 7.22. The predicted octanol–water partition coefficient (Wildman–Crippen LogP) is 2.90. The van der Waals surface area contributed by atoms with Gasteiger partial charge in [-0.3, -0.25) is 0 Å². The molecule has 0 saturated carbocycles. The SMILES string of the molecule is O=C(O)c1cc(-c2ccc(O)c(O)c2)[o+]c2cc(O)cc(O)c12. The number of phenols is 4. The Hall–Kier alpha value is -3.48. The van der Waals surface area contributed by atoms with Crippen molar-refractivity contribution in [2.45, 2.75) is 0 Å². The van der Waals surface area contributed by atoms with E-state index < -0.39 is 17.5 Å². The third-order valence-electron chi connectivity index (χ3n) is 3.32. The van der Waals surface area contributed by atoms with Crippen molar-refractivity contribution in [3.63, 3.8) is 0 Å². The summed E-state index contributed by atoms with van der Waals surface area (Å²) in [5.74, 6) is -2.66. The molecule has 3 rings (SSSR count). The highest BCUT2D eigenvalue weighted by atomic mass is 16.4. The molecule has 1 aromatic heterocycles. The number of phenolic OH excluding ortho intramolecular Hbond substituents is 4. The molecule has 0 radical (unpaired) electrons. The zero-order chi connectivity index (χ0) is 16.7. The summed E-state index contributed by atoms with van der Waals surface area (Å²) in [4.78, 5) is 11.5. The Balaban J connectivity index is 2.34. The Labute approximate surface area is 128 Å². The number of rotatable bonds is 2. The Bertz CT molecular complexity index is 947. The standard InChI is InChI=1S/C16H10O7/c17-8-4-12(20)15-9(16(21)22)6-13(23-14(15)5-8)7-1-2-10(18)11(19)3-7/h1-6H,(H4-,17,18,19,20,21,22)/p+1. The van der Waals surface area contributed by atoms with E-state index in [-0.39, 0.29) is 33.8 Å². The molecule has 5 N–H and O–H groups in total. The molecule has 0 unspecified atom stereocenters. The lowest BCUT2D eigenvalue weighted by Crippen LogP contribution is -1.98. The van der Waals surface area contributed by atoms with E-state index in [1.54, 1.807) is 0 Å². The maximum atomic E-state index is 11.5. The first kappa shape index (κ1) is 14.5. The highest BCUT2D eigenvalue weighted by Crippen LogP contribution is 2.37. The van der Waals surface area contributed by atoms with Crippen LogP contribution in [0.15, 0.2) is 40.8 Å². The van der Waals surface area contributed by atoms with E-state index in [9.17, 15) is 30.3 Å². The van der Waals surface area contributed by atoms with Crippen molar-refractivity contribution >= 4 is 16.9 Å². The van der Waals surface area contributed by atoms with Crippen LogP contribution >= 0.6 is 0 Å². The van der Waals surface area contributed by atoms with Crippen molar-refractivity contribution in [3.05, 3.63) is 42.0 Å². The van der Waals surface area contributed by atoms with Gasteiger partial charge in [0.15, 0.2) is 11.5 Å². The smallest absolute Gasteiger partial charge is 0.369 e. The highest BCUT2D eigenvalue weighted by molar-refractivity contribution is 6.05. The number of carboxylic acids is 1. The lowest BCUT2D eigenvalue weighted by Gasteiger charge is -2.02. The zero-order valence-corrected chi connectivity index (χ0v) is 11.5. The fourth-order valence-electron chi connectivity index (χ4n) is 2.28. The summed E-state index contributed by atoms with van der Waals surface area (Å²) in [7, 11) is 0. The van der Waals surface area contributed by atoms with Crippen LogP contribution in [0.25, 0.3) is 22.3 Å². The Morgan fingerprint density at radius 2 is 1.61 bits per heavy atom. The monoisotopic (exact) mass is 315 g/mol. The normalized spacial score (nSPS) is 10.8. The Kier molecular flexibility index (Phi) is 3.18. The van der Waals surface area contributed by atoms with Crippen molar-refractivity contribution < 1.29 is 34.7 Å². The minimum atomic E-state index is -1.30. The number of hydrogen-bond acceptors (Lipinski definition) is 5. The minimum absolute atomic E-state index is 0.0371. The van der Waals surface area contributed by atoms with Crippen LogP contribution in [0.2, 0.25) is 0 Å². The number of carboxylic acid groups (broad SMARTS) is 1. The first-order chi connectivity index (χ1) is 10.9. The van der Waals surface area contributed by atoms with Crippen molar-refractivity contribution in [2.75, 3.05) is 0 Å². The molecule has 0 aliphatic carbocycles. The maximum Gasteiger partial charge on any atom is 0.369 e. The lowest BCUT2D eigenvalue weighted by atomic mass is 10.0. The van der Waals surface area contributed by atoms with Crippen molar-refractivity contribution in [2.24, 2.45) is 0 Å². The van der Waals surface area contributed by atoms with Crippen LogP contribution in [0.3, 0.4) is 0 Å². The lowest BCUT2D eigenvalue weighted by molar-refractivity contribution is 0.0698. The molecular formula is C16H11O7+. The predicted molar refractivity (Wildman–Crippen MR) is 79.7 cm³/mol. The number of benzene rings is 2. The van der Waals surface area contributed by atoms with E-state index in [2.05, 4.69) is 0 Å². The van der Waals surface area contributed by atoms with Gasteiger partial charge in [-0.05, 0) is 12.1 Å². The molecule has 0 saturated heterocycles. The zero-order valence-electron chi connectivity index (χ0n) is 11.5. The third kappa shape index (κ3) is 2.44. The molecule has 23 heavy (non-hydrogen) atoms. The van der Waals surface area contributed by atoms with Crippen LogP contribution in [-0.2, 0) is 0 Å². The van der Waals surface area contributed by atoms with Crippen LogP contribution < -0.4 is 0 Å². The summed E-state index contributed by atoms with van der Waals surface area (Å²) in [6.07, 6.45) is 0. The van der Waals surface area contributed by atoms with Crippen LogP contribution in [0.1, 0.15) is 10.4 Å². The molecule has 3 aromatic rings. The number of aromatic carboxylic acids is 1. The largest absolute Gasteiger partial charge is 0.507 e. The molecule has 0 spiro atoms. The quantitative estimate of drug-likeness (QED) is 0.363. The van der Waals surface area contributed by atoms with E-state index in [4.69, 9.17) is 4.42 Å². The molecule has 7 nitrogen and oxygen atoms in total. The van der Waals surface area contributed by atoms with Gasteiger partial charge >= 0.3 is 17.3 Å². The van der Waals surface area contributed by atoms with E-state index in [0.29, 0.717) is 5.56 Å². The van der Waals surface area contributed by atoms with Crippen molar-refractivity contribution in [1.82, 2.24) is 0 Å². The second kappa shape index (κ2) is 5.06. The van der Waals surface area contributed by atoms with Crippen molar-refractivity contribution in [1.29, 1.82) is 0 Å². The summed E-state index contributed by atoms with van der Waals surface area (Å²) < 4.78 is 5.52. The maximum absolute atomic E-state index is 11.5. The van der Waals surface area contributed by atoms with E-state index in [1.807, 2.05) is 0 Å². The molecule has 0 amide bonds. The summed E-state index contributed by atoms with van der Waals surface area (Å²) in [5, 5.41) is 47.6. The summed E-state index contributed by atoms with van der Waals surface area (Å²) in [6.45, 7) is 0. The van der Waals surface area contributed by atoms with Gasteiger partial charge in [0.25, 0.3) is 0 Å². The van der Waals surface area contributed by atoms with Crippen LogP contribution in [-0.4, -0.2) is 31.5 Å². The van der Waals surface area contributed by atoms with E-state index >= 15 is 0 Å². The second-order valence-corrected chi connectivity index (χ2v) is 4.87. The second-order valence-electron chi connectivity index (χ2n) is 4.87. The summed E-state index contributed by atoms with van der Waals surface area (Å²) >= 11 is 0. The molecule has 0 bridgehead atoms. The fourth-order valence-corrected chi connectivity index (χ4v) is 2.28. The minimum Gasteiger partial charge on any atom is -0.507 e. The summed E-state index contributed by atoms with van der Waals surface area (Å²) in [5.41, 5.74) is 0.0452. The van der Waals surface area contributed by atoms with Gasteiger partial charge in [-0.1, -0.05) is 0 Å². The average molecular weight is 315 g/mol. The van der Waals surface area contributed by atoms with Gasteiger partial charge in [0, 0.05) is 12.1 Å². The van der Waals surface area contributed by atoms with Gasteiger partial charge in [0.05, 0.1) is 23.3 Å². The molecule has 0 aliphatic rings. The van der Waals surface area contributed by atoms with Crippen LogP contribution in [0, 0.1) is 0 Å². The average Bonchev–Trinajstić information content (AvgIpc) is 2.48. The molecule has 1 heterocycles. The number of hydrogen-bond donors (Lipinski definition) is 5. The van der Waals surface area contributed by atoms with Gasteiger partial charge in [0.1, 0.15) is 16.9 Å². The van der Waals surface area contributed by atoms with Crippen LogP contribution in [0.4, 0.5) is 0 Å². The van der Waals surface area contributed by atoms with Crippen molar-refractivity contribution in [3.8, 4) is 34.3 Å². The molecular weight excluding hydrogens is 304 g/mol. The highest BCUT2D eigenvalue weighted by Gasteiger charge is 2.26. The first-order valence-electron chi connectivity index (χ1n) is 6.45. The molecule has 0 fully saturated rings. The number of carbonyl (C=O) groups is 1. The van der Waals surface area contributed by atoms with Gasteiger partial charge in [-0.25, -0.2) is 9.21 Å². The third-order valence-corrected chi connectivity index (χ3v) is 3.32. The van der Waals surface area contributed by atoms with Gasteiger partial charge in [-0.2, -0.15) is 0 Å². The van der Waals surface area contributed by atoms with E-state index in [1.165, 1.54) is 30.3 Å². The van der Waals surface area contributed by atoms with Crippen LogP contribution in [0.5, 0.6) is 23.0 Å². The number of aromatic hydroxyl groups is 4. The number of fused-ring (bicyclic) bond motifs is 1. The molecule has 0 aliphatic heterocycles. The molecule has 2 aromatic carbocycles. The first-order valence-corrected chi connectivity index (χ1v) is 6.45. The molecule has 0 atom stereocenters. The molecule has 116 valence electrons. The molecule has 7 heteroatoms. The topological polar surface area (TPSA) is 130 Å². The van der Waals surface area contributed by atoms with Gasteiger partial charge in [0.2, 0.25) is 0 Å². The van der Waals surface area contributed by atoms with Gasteiger partial charge in [-0.15, -0.1) is 0 Å². The fraction of sp³-hybridized carbons (Fsp3) is 0.